The third-order valence-corrected chi connectivity index (χ3v) is 5.75. The minimum Gasteiger partial charge on any atom is -0.309 e. The SMILES string of the molecule is Cc1ccc(CNC2C3(C)CCC(C3)C2(C)C)cn1. The van der Waals surface area contributed by atoms with Crippen LogP contribution in [-0.4, -0.2) is 11.0 Å². The van der Waals surface area contributed by atoms with E-state index in [9.17, 15) is 0 Å². The molecule has 3 atom stereocenters. The molecule has 0 spiro atoms. The van der Waals surface area contributed by atoms with Gasteiger partial charge in [0.1, 0.15) is 0 Å². The number of nitrogens with zero attached hydrogens (tertiary/aromatic N) is 1. The summed E-state index contributed by atoms with van der Waals surface area (Å²) in [6.45, 7) is 10.4. The first-order valence-electron chi connectivity index (χ1n) is 7.57. The number of nitrogens with one attached hydrogen (secondary N) is 1. The number of rotatable bonds is 3. The van der Waals surface area contributed by atoms with Crippen molar-refractivity contribution in [3.63, 3.8) is 0 Å². The molecule has 0 saturated heterocycles. The summed E-state index contributed by atoms with van der Waals surface area (Å²) in [5, 5.41) is 3.84. The van der Waals surface area contributed by atoms with Gasteiger partial charge >= 0.3 is 0 Å². The van der Waals surface area contributed by atoms with Gasteiger partial charge in [0.25, 0.3) is 0 Å². The standard InChI is InChI=1S/C17H26N2/c1-12-5-6-13(10-18-12)11-19-15-16(2,3)14-7-8-17(15,4)9-14/h5-6,10,14-15,19H,7-9,11H2,1-4H3. The molecular weight excluding hydrogens is 232 g/mol. The number of pyridine rings is 1. The molecule has 2 nitrogen and oxygen atoms in total. The Labute approximate surface area is 117 Å². The van der Waals surface area contributed by atoms with Crippen molar-refractivity contribution in [2.45, 2.75) is 59.5 Å². The summed E-state index contributed by atoms with van der Waals surface area (Å²) in [4.78, 5) is 4.39. The smallest absolute Gasteiger partial charge is 0.0372 e. The number of aryl methyl sites for hydroxylation is 1. The maximum Gasteiger partial charge on any atom is 0.0372 e. The van der Waals surface area contributed by atoms with E-state index in [4.69, 9.17) is 0 Å². The lowest BCUT2D eigenvalue weighted by molar-refractivity contribution is 0.108. The molecule has 1 aromatic rings. The lowest BCUT2D eigenvalue weighted by atomic mass is 9.68. The summed E-state index contributed by atoms with van der Waals surface area (Å²) in [7, 11) is 0. The Morgan fingerprint density at radius 1 is 1.32 bits per heavy atom. The molecule has 2 aliphatic carbocycles. The summed E-state index contributed by atoms with van der Waals surface area (Å²) < 4.78 is 0. The van der Waals surface area contributed by atoms with Crippen LogP contribution in [0.5, 0.6) is 0 Å². The van der Waals surface area contributed by atoms with Gasteiger partial charge in [-0.15, -0.1) is 0 Å². The van der Waals surface area contributed by atoms with Crippen LogP contribution < -0.4 is 5.32 Å². The Morgan fingerprint density at radius 2 is 2.11 bits per heavy atom. The van der Waals surface area contributed by atoms with Crippen LogP contribution in [0.25, 0.3) is 0 Å². The number of fused-ring (bicyclic) bond motifs is 2. The average Bonchev–Trinajstić information content (AvgIpc) is 2.82. The van der Waals surface area contributed by atoms with Gasteiger partial charge in [-0.25, -0.2) is 0 Å². The maximum absolute atomic E-state index is 4.39. The summed E-state index contributed by atoms with van der Waals surface area (Å²) in [6, 6.07) is 4.93. The minimum atomic E-state index is 0.436. The predicted molar refractivity (Wildman–Crippen MR) is 78.8 cm³/mol. The van der Waals surface area contributed by atoms with E-state index in [1.54, 1.807) is 0 Å². The lowest BCUT2D eigenvalue weighted by Crippen LogP contribution is -2.49. The van der Waals surface area contributed by atoms with E-state index in [0.717, 1.165) is 18.2 Å². The molecule has 1 aromatic heterocycles. The van der Waals surface area contributed by atoms with Gasteiger partial charge in [-0.2, -0.15) is 0 Å². The van der Waals surface area contributed by atoms with Crippen molar-refractivity contribution in [1.29, 1.82) is 0 Å². The van der Waals surface area contributed by atoms with Crippen molar-refractivity contribution in [3.8, 4) is 0 Å². The van der Waals surface area contributed by atoms with E-state index < -0.39 is 0 Å². The molecule has 0 aliphatic heterocycles. The monoisotopic (exact) mass is 258 g/mol. The molecule has 0 radical (unpaired) electrons. The van der Waals surface area contributed by atoms with Gasteiger partial charge in [0.15, 0.2) is 0 Å². The number of aromatic nitrogens is 1. The van der Waals surface area contributed by atoms with Crippen molar-refractivity contribution in [1.82, 2.24) is 10.3 Å². The van der Waals surface area contributed by atoms with E-state index >= 15 is 0 Å². The Kier molecular flexibility index (Phi) is 2.97. The molecule has 2 saturated carbocycles. The van der Waals surface area contributed by atoms with Crippen molar-refractivity contribution >= 4 is 0 Å². The van der Waals surface area contributed by atoms with Crippen molar-refractivity contribution < 1.29 is 0 Å². The van der Waals surface area contributed by atoms with Crippen LogP contribution in [0.15, 0.2) is 18.3 Å². The van der Waals surface area contributed by atoms with Crippen LogP contribution >= 0.6 is 0 Å². The summed E-state index contributed by atoms with van der Waals surface area (Å²) in [5.74, 6) is 0.908. The molecule has 19 heavy (non-hydrogen) atoms. The zero-order chi connectivity index (χ0) is 13.7. The molecule has 104 valence electrons. The molecule has 0 aromatic carbocycles. The Bertz CT molecular complexity index is 458. The molecule has 3 rings (SSSR count). The molecule has 0 amide bonds. The Balaban J connectivity index is 1.71. The summed E-state index contributed by atoms with van der Waals surface area (Å²) in [6.07, 6.45) is 6.23. The molecule has 2 fully saturated rings. The fourth-order valence-corrected chi connectivity index (χ4v) is 4.63. The summed E-state index contributed by atoms with van der Waals surface area (Å²) >= 11 is 0. The molecule has 3 unspecified atom stereocenters. The minimum absolute atomic E-state index is 0.436. The van der Waals surface area contributed by atoms with Gasteiger partial charge < -0.3 is 5.32 Å². The molecule has 1 N–H and O–H groups in total. The second-order valence-electron chi connectivity index (χ2n) is 7.54. The van der Waals surface area contributed by atoms with Crippen LogP contribution in [0, 0.1) is 23.7 Å². The van der Waals surface area contributed by atoms with Crippen LogP contribution in [0.4, 0.5) is 0 Å². The van der Waals surface area contributed by atoms with Gasteiger partial charge in [0, 0.05) is 24.5 Å². The third-order valence-electron chi connectivity index (χ3n) is 5.75. The normalized spacial score (nSPS) is 35.8. The van der Waals surface area contributed by atoms with E-state index in [-0.39, 0.29) is 0 Å². The highest BCUT2D eigenvalue weighted by Gasteiger charge is 2.58. The van der Waals surface area contributed by atoms with Crippen LogP contribution in [0.3, 0.4) is 0 Å². The highest BCUT2D eigenvalue weighted by atomic mass is 15.0. The maximum atomic E-state index is 4.39. The van der Waals surface area contributed by atoms with Crippen molar-refractivity contribution in [3.05, 3.63) is 29.6 Å². The fourth-order valence-electron chi connectivity index (χ4n) is 4.63. The molecule has 1 heterocycles. The molecule has 2 heteroatoms. The second-order valence-corrected chi connectivity index (χ2v) is 7.54. The Hall–Kier alpha value is -0.890. The van der Waals surface area contributed by atoms with E-state index in [1.165, 1.54) is 24.8 Å². The van der Waals surface area contributed by atoms with E-state index in [2.05, 4.69) is 43.2 Å². The van der Waals surface area contributed by atoms with Crippen molar-refractivity contribution in [2.75, 3.05) is 0 Å². The Morgan fingerprint density at radius 3 is 2.68 bits per heavy atom. The third kappa shape index (κ3) is 2.10. The number of hydrogen-bond donors (Lipinski definition) is 1. The average molecular weight is 258 g/mol. The van der Waals surface area contributed by atoms with Gasteiger partial charge in [0.2, 0.25) is 0 Å². The zero-order valence-corrected chi connectivity index (χ0v) is 12.7. The summed E-state index contributed by atoms with van der Waals surface area (Å²) in [5.41, 5.74) is 3.33. The first kappa shape index (κ1) is 13.1. The molecule has 2 aliphatic rings. The fraction of sp³-hybridized carbons (Fsp3) is 0.706. The molecule has 2 bridgehead atoms. The molecular formula is C17H26N2. The topological polar surface area (TPSA) is 24.9 Å². The first-order valence-corrected chi connectivity index (χ1v) is 7.57. The van der Waals surface area contributed by atoms with Crippen molar-refractivity contribution in [2.24, 2.45) is 16.7 Å². The van der Waals surface area contributed by atoms with E-state index in [0.29, 0.717) is 16.9 Å². The number of hydrogen-bond acceptors (Lipinski definition) is 2. The highest BCUT2D eigenvalue weighted by Crippen LogP contribution is 2.62. The van der Waals surface area contributed by atoms with E-state index in [1.807, 2.05) is 13.1 Å². The predicted octanol–water partition coefficient (Wildman–Crippen LogP) is 3.69. The first-order chi connectivity index (χ1) is 8.92. The second kappa shape index (κ2) is 4.31. The van der Waals surface area contributed by atoms with Crippen LogP contribution in [0.2, 0.25) is 0 Å². The zero-order valence-electron chi connectivity index (χ0n) is 12.7. The van der Waals surface area contributed by atoms with Gasteiger partial charge in [-0.3, -0.25) is 4.98 Å². The largest absolute Gasteiger partial charge is 0.309 e. The van der Waals surface area contributed by atoms with Gasteiger partial charge in [-0.05, 0) is 54.6 Å². The lowest BCUT2D eigenvalue weighted by Gasteiger charge is -2.43. The highest BCUT2D eigenvalue weighted by molar-refractivity contribution is 5.16. The van der Waals surface area contributed by atoms with Crippen LogP contribution in [-0.2, 0) is 6.54 Å². The van der Waals surface area contributed by atoms with Gasteiger partial charge in [-0.1, -0.05) is 26.8 Å². The van der Waals surface area contributed by atoms with Crippen LogP contribution in [0.1, 0.15) is 51.3 Å². The van der Waals surface area contributed by atoms with Gasteiger partial charge in [0.05, 0.1) is 0 Å². The quantitative estimate of drug-likeness (QED) is 0.894.